The molecule has 0 atom stereocenters. The molecule has 0 bridgehead atoms. The van der Waals surface area contributed by atoms with Crippen molar-refractivity contribution in [3.63, 3.8) is 0 Å². The highest BCUT2D eigenvalue weighted by atomic mass is 27.3. The minimum absolute atomic E-state index is 0. The molecule has 8 heteroatoms. The van der Waals surface area contributed by atoms with E-state index in [9.17, 15) is 14.4 Å². The fraction of sp³-hybridized carbons (Fsp3) is 0.667. The maximum Gasteiger partial charge on any atom is 1.20 e. The highest BCUT2D eigenvalue weighted by molar-refractivity contribution is 6.44. The Labute approximate surface area is 105 Å². The molecule has 7 nitrogen and oxygen atoms in total. The summed E-state index contributed by atoms with van der Waals surface area (Å²) in [6.07, 6.45) is 0.407. The molecule has 0 amide bonds. The van der Waals surface area contributed by atoms with E-state index in [2.05, 4.69) is 0 Å². The second kappa shape index (κ2) is 10.1. The molecule has 0 radical (unpaired) electrons. The summed E-state index contributed by atoms with van der Waals surface area (Å²) >= 11 is -3.01. The zero-order valence-electron chi connectivity index (χ0n) is 10.1. The van der Waals surface area contributed by atoms with Gasteiger partial charge in [0.1, 0.15) is 0 Å². The van der Waals surface area contributed by atoms with Crippen molar-refractivity contribution in [2.75, 3.05) is 0 Å². The van der Waals surface area contributed by atoms with E-state index in [-0.39, 0.29) is 24.7 Å². The molecule has 0 spiro atoms. The van der Waals surface area contributed by atoms with Crippen LogP contribution in [-0.4, -0.2) is 38.5 Å². The van der Waals surface area contributed by atoms with E-state index in [0.29, 0.717) is 0 Å². The predicted octanol–water partition coefficient (Wildman–Crippen LogP) is 0.00620. The average Bonchev–Trinajstić information content (AvgIpc) is 2.28. The Hall–Kier alpha value is -1.10. The summed E-state index contributed by atoms with van der Waals surface area (Å²) in [5, 5.41) is 0. The molecule has 0 unspecified atom stereocenters. The van der Waals surface area contributed by atoms with Gasteiger partial charge in [-0.05, 0) is 0 Å². The van der Waals surface area contributed by atoms with Crippen LogP contribution >= 0.6 is 0 Å². The van der Waals surface area contributed by atoms with Crippen LogP contribution in [0, 0.1) is 0 Å². The molecule has 0 aromatic rings. The van der Waals surface area contributed by atoms with Crippen LogP contribution in [0.25, 0.3) is 0 Å². The number of hydrogen-bond acceptors (Lipinski definition) is 6. The molecule has 2 N–H and O–H groups in total. The zero-order chi connectivity index (χ0) is 12.6. The molecule has 98 valence electrons. The van der Waals surface area contributed by atoms with Gasteiger partial charge < -0.3 is 16.8 Å². The third-order valence-corrected chi connectivity index (χ3v) is 2.92. The highest BCUT2D eigenvalue weighted by Gasteiger charge is 2.48. The van der Waals surface area contributed by atoms with Gasteiger partial charge in [0.05, 0.1) is 0 Å². The lowest BCUT2D eigenvalue weighted by atomic mass is 10.5. The average molecular weight is 264 g/mol. The Kier molecular flexibility index (Phi) is 10.8. The van der Waals surface area contributed by atoms with Crippen LogP contribution in [0.1, 0.15) is 40.0 Å². The maximum absolute atomic E-state index is 11.0. The SMILES string of the molecule is CCC(=O)[O][Al]([O]C(=O)CC)[O]C(=O)CC.O. The van der Waals surface area contributed by atoms with E-state index in [1.165, 1.54) is 0 Å². The van der Waals surface area contributed by atoms with Crippen LogP contribution in [0.2, 0.25) is 0 Å². The monoisotopic (exact) mass is 264 g/mol. The van der Waals surface area contributed by atoms with Gasteiger partial charge in [-0.15, -0.1) is 0 Å². The fourth-order valence-corrected chi connectivity index (χ4v) is 1.93. The summed E-state index contributed by atoms with van der Waals surface area (Å²) in [4.78, 5) is 33.0. The molecule has 0 rings (SSSR count). The number of carbonyl (C=O) groups is 3. The van der Waals surface area contributed by atoms with Gasteiger partial charge in [0, 0.05) is 19.3 Å². The summed E-state index contributed by atoms with van der Waals surface area (Å²) in [6, 6.07) is 0. The number of carbonyl (C=O) groups excluding carboxylic acids is 3. The van der Waals surface area contributed by atoms with Gasteiger partial charge in [-0.25, -0.2) is 0 Å². The van der Waals surface area contributed by atoms with Crippen LogP contribution in [0.4, 0.5) is 0 Å². The van der Waals surface area contributed by atoms with Gasteiger partial charge in [0.2, 0.25) is 0 Å². The first-order valence-corrected chi connectivity index (χ1v) is 6.53. The number of hydrogen-bond donors (Lipinski definition) is 0. The van der Waals surface area contributed by atoms with Gasteiger partial charge in [0.25, 0.3) is 17.9 Å². The maximum atomic E-state index is 11.0. The van der Waals surface area contributed by atoms with Crippen molar-refractivity contribution in [3.8, 4) is 0 Å². The smallest absolute Gasteiger partial charge is 0.551 e. The molecule has 0 aliphatic carbocycles. The van der Waals surface area contributed by atoms with Gasteiger partial charge in [0.15, 0.2) is 0 Å². The van der Waals surface area contributed by atoms with E-state index in [4.69, 9.17) is 11.4 Å². The first-order valence-electron chi connectivity index (χ1n) is 5.11. The Bertz CT molecular complexity index is 223. The van der Waals surface area contributed by atoms with E-state index >= 15 is 0 Å². The normalized spacial score (nSPS) is 8.65. The van der Waals surface area contributed by atoms with Crippen molar-refractivity contribution in [3.05, 3.63) is 0 Å². The Morgan fingerprint density at radius 1 is 0.765 bits per heavy atom. The molecule has 0 heterocycles. The van der Waals surface area contributed by atoms with Crippen molar-refractivity contribution in [2.24, 2.45) is 0 Å². The molecule has 0 saturated carbocycles. The molecule has 0 saturated heterocycles. The lowest BCUT2D eigenvalue weighted by Crippen LogP contribution is -2.34. The number of rotatable bonds is 6. The fourth-order valence-electron chi connectivity index (χ4n) is 0.644. The first kappa shape index (κ1) is 18.3. The van der Waals surface area contributed by atoms with Crippen molar-refractivity contribution in [1.82, 2.24) is 0 Å². The van der Waals surface area contributed by atoms with Crippen LogP contribution in [-0.2, 0) is 25.7 Å². The summed E-state index contributed by atoms with van der Waals surface area (Å²) in [5.74, 6) is -1.65. The Balaban J connectivity index is 0. The van der Waals surface area contributed by atoms with E-state index < -0.39 is 33.1 Å². The molecule has 0 aromatic carbocycles. The van der Waals surface area contributed by atoms with Gasteiger partial charge in [-0.3, -0.25) is 14.4 Å². The van der Waals surface area contributed by atoms with Crippen LogP contribution < -0.4 is 0 Å². The van der Waals surface area contributed by atoms with Crippen molar-refractivity contribution < 1.29 is 31.2 Å². The van der Waals surface area contributed by atoms with Crippen LogP contribution in [0.5, 0.6) is 0 Å². The predicted molar refractivity (Wildman–Crippen MR) is 58.5 cm³/mol. The van der Waals surface area contributed by atoms with Crippen molar-refractivity contribution in [2.45, 2.75) is 40.0 Å². The summed E-state index contributed by atoms with van der Waals surface area (Å²) < 4.78 is 14.3. The quantitative estimate of drug-likeness (QED) is 0.624. The second-order valence-corrected chi connectivity index (χ2v) is 4.10. The molecule has 0 aliphatic heterocycles. The minimum atomic E-state index is -3.01. The minimum Gasteiger partial charge on any atom is -0.551 e. The third-order valence-electron chi connectivity index (χ3n) is 1.55. The Morgan fingerprint density at radius 2 is 1.00 bits per heavy atom. The highest BCUT2D eigenvalue weighted by Crippen LogP contribution is 2.00. The third kappa shape index (κ3) is 8.68. The van der Waals surface area contributed by atoms with Gasteiger partial charge >= 0.3 is 15.1 Å². The second-order valence-electron chi connectivity index (χ2n) is 2.82. The van der Waals surface area contributed by atoms with Crippen LogP contribution in [0.3, 0.4) is 0 Å². The lowest BCUT2D eigenvalue weighted by Gasteiger charge is -2.11. The summed E-state index contributed by atoms with van der Waals surface area (Å²) in [6.45, 7) is 4.78. The first-order chi connectivity index (χ1) is 7.53. The van der Waals surface area contributed by atoms with Gasteiger partial charge in [-0.1, -0.05) is 20.8 Å². The van der Waals surface area contributed by atoms with Crippen molar-refractivity contribution >= 4 is 33.1 Å². The molecule has 17 heavy (non-hydrogen) atoms. The van der Waals surface area contributed by atoms with Gasteiger partial charge in [-0.2, -0.15) is 0 Å². The van der Waals surface area contributed by atoms with E-state index in [0.717, 1.165) is 0 Å². The van der Waals surface area contributed by atoms with Crippen molar-refractivity contribution in [1.29, 1.82) is 0 Å². The largest absolute Gasteiger partial charge is 1.20 e. The molecule has 0 aliphatic rings. The lowest BCUT2D eigenvalue weighted by molar-refractivity contribution is -0.147. The molecule has 0 fully saturated rings. The summed E-state index contributed by atoms with van der Waals surface area (Å²) in [7, 11) is 0. The van der Waals surface area contributed by atoms with E-state index in [1.807, 2.05) is 0 Å². The Morgan fingerprint density at radius 3 is 1.18 bits per heavy atom. The molecule has 0 aromatic heterocycles. The summed E-state index contributed by atoms with van der Waals surface area (Å²) in [5.41, 5.74) is 0. The topological polar surface area (TPSA) is 110 Å². The molecular weight excluding hydrogens is 247 g/mol. The van der Waals surface area contributed by atoms with E-state index in [1.54, 1.807) is 20.8 Å². The van der Waals surface area contributed by atoms with Crippen LogP contribution in [0.15, 0.2) is 0 Å². The zero-order valence-corrected chi connectivity index (χ0v) is 11.3. The molecular formula is C9H17AlO7. The standard InChI is InChI=1S/3C3H6O2.Al.H2O/c3*1-2-3(4)5;;/h3*2H2,1H3,(H,4,5);;1H2/q;;;+3;/p-3.